The Kier molecular flexibility index (Phi) is 5.81. The quantitative estimate of drug-likeness (QED) is 0.829. The van der Waals surface area contributed by atoms with E-state index in [-0.39, 0.29) is 11.9 Å². The summed E-state index contributed by atoms with van der Waals surface area (Å²) in [4.78, 5) is 17.3. The van der Waals surface area contributed by atoms with Crippen molar-refractivity contribution in [3.8, 4) is 0 Å². The topological polar surface area (TPSA) is 40.5 Å². The van der Waals surface area contributed by atoms with Gasteiger partial charge in [-0.1, -0.05) is 23.7 Å². The van der Waals surface area contributed by atoms with Gasteiger partial charge in [-0.05, 0) is 55.8 Å². The van der Waals surface area contributed by atoms with Gasteiger partial charge < -0.3 is 14.8 Å². The summed E-state index contributed by atoms with van der Waals surface area (Å²) in [6, 6.07) is 12.3. The number of halogens is 1. The molecule has 2 aliphatic rings. The van der Waals surface area contributed by atoms with E-state index in [4.69, 9.17) is 11.6 Å². The summed E-state index contributed by atoms with van der Waals surface area (Å²) < 4.78 is 2.28. The second-order valence-corrected chi connectivity index (χ2v) is 7.89. The number of hydrogen-bond acceptors (Lipinski definition) is 3. The molecule has 1 unspecified atom stereocenters. The predicted octanol–water partition coefficient (Wildman–Crippen LogP) is 2.76. The Morgan fingerprint density at radius 3 is 2.63 bits per heavy atom. The molecule has 3 heterocycles. The van der Waals surface area contributed by atoms with Gasteiger partial charge in [0.1, 0.15) is 0 Å². The number of benzene rings is 1. The van der Waals surface area contributed by atoms with Crippen LogP contribution in [0.2, 0.25) is 5.02 Å². The van der Waals surface area contributed by atoms with E-state index in [2.05, 4.69) is 50.1 Å². The number of fused-ring (bicyclic) bond motifs is 1. The Labute approximate surface area is 165 Å². The first-order valence-corrected chi connectivity index (χ1v) is 10.2. The van der Waals surface area contributed by atoms with E-state index >= 15 is 0 Å². The van der Waals surface area contributed by atoms with Crippen LogP contribution in [0, 0.1) is 0 Å². The maximum Gasteiger partial charge on any atom is 0.234 e. The predicted molar refractivity (Wildman–Crippen MR) is 108 cm³/mol. The minimum Gasteiger partial charge on any atom is -0.354 e. The Hall–Kier alpha value is -1.82. The van der Waals surface area contributed by atoms with Gasteiger partial charge in [0.25, 0.3) is 0 Å². The highest BCUT2D eigenvalue weighted by Gasteiger charge is 2.30. The van der Waals surface area contributed by atoms with E-state index in [9.17, 15) is 4.79 Å². The van der Waals surface area contributed by atoms with Gasteiger partial charge in [-0.15, -0.1) is 0 Å². The third-order valence-corrected chi connectivity index (χ3v) is 5.87. The molecule has 2 aliphatic heterocycles. The monoisotopic (exact) mass is 386 g/mol. The fraction of sp³-hybridized carbons (Fsp3) is 0.476. The van der Waals surface area contributed by atoms with Crippen molar-refractivity contribution in [1.82, 2.24) is 19.7 Å². The summed E-state index contributed by atoms with van der Waals surface area (Å²) in [7, 11) is 0. The van der Waals surface area contributed by atoms with E-state index in [1.54, 1.807) is 0 Å². The van der Waals surface area contributed by atoms with Crippen LogP contribution in [0.5, 0.6) is 0 Å². The number of nitrogens with one attached hydrogen (secondary N) is 1. The van der Waals surface area contributed by atoms with E-state index in [1.807, 2.05) is 12.1 Å². The van der Waals surface area contributed by atoms with Crippen LogP contribution in [0.3, 0.4) is 0 Å². The van der Waals surface area contributed by atoms with Crippen LogP contribution in [0.4, 0.5) is 0 Å². The molecule has 6 heteroatoms. The van der Waals surface area contributed by atoms with Gasteiger partial charge in [-0.2, -0.15) is 0 Å². The van der Waals surface area contributed by atoms with Crippen LogP contribution >= 0.6 is 11.6 Å². The molecule has 4 rings (SSSR count). The normalized spacial score (nSPS) is 20.6. The smallest absolute Gasteiger partial charge is 0.234 e. The number of carbonyl (C=O) groups is 1. The molecule has 0 saturated carbocycles. The lowest BCUT2D eigenvalue weighted by Gasteiger charge is -2.37. The number of amides is 1. The van der Waals surface area contributed by atoms with Crippen LogP contribution in [-0.2, 0) is 11.3 Å². The molecule has 5 nitrogen and oxygen atoms in total. The molecule has 0 aliphatic carbocycles. The third kappa shape index (κ3) is 4.37. The van der Waals surface area contributed by atoms with Crippen molar-refractivity contribution in [2.75, 3.05) is 39.3 Å². The summed E-state index contributed by atoms with van der Waals surface area (Å²) in [5, 5.41) is 3.84. The minimum atomic E-state index is 0.0790. The van der Waals surface area contributed by atoms with Gasteiger partial charge in [0.2, 0.25) is 5.91 Å². The average Bonchev–Trinajstić information content (AvgIpc) is 3.34. The lowest BCUT2D eigenvalue weighted by atomic mass is 10.00. The molecule has 1 aromatic carbocycles. The largest absolute Gasteiger partial charge is 0.354 e. The van der Waals surface area contributed by atoms with Crippen LogP contribution in [0.15, 0.2) is 42.6 Å². The van der Waals surface area contributed by atoms with Crippen molar-refractivity contribution in [3.05, 3.63) is 58.9 Å². The van der Waals surface area contributed by atoms with Gasteiger partial charge in [0.05, 0.1) is 12.6 Å². The number of nitrogens with zero attached hydrogens (tertiary/aromatic N) is 3. The summed E-state index contributed by atoms with van der Waals surface area (Å²) in [6.07, 6.45) is 4.68. The van der Waals surface area contributed by atoms with Crippen molar-refractivity contribution in [1.29, 1.82) is 0 Å². The Bertz CT molecular complexity index is 767. The molecule has 1 fully saturated rings. The van der Waals surface area contributed by atoms with Crippen molar-refractivity contribution in [3.63, 3.8) is 0 Å². The van der Waals surface area contributed by atoms with Gasteiger partial charge in [0.15, 0.2) is 0 Å². The van der Waals surface area contributed by atoms with Crippen molar-refractivity contribution in [2.45, 2.75) is 25.4 Å². The standard InChI is InChI=1S/C21H27ClN4O/c22-18-7-5-17(6-8-18)21-19-4-3-12-25(19)14-15-26(21)16-20(27)23-9-13-24-10-1-2-11-24/h3-8,12,21H,1-2,9-11,13-16H2,(H,23,27). The minimum absolute atomic E-state index is 0.0790. The molecule has 1 aromatic heterocycles. The first-order valence-electron chi connectivity index (χ1n) is 9.84. The van der Waals surface area contributed by atoms with E-state index in [0.717, 1.165) is 44.3 Å². The van der Waals surface area contributed by atoms with Gasteiger partial charge in [0, 0.05) is 43.1 Å². The third-order valence-electron chi connectivity index (χ3n) is 5.62. The van der Waals surface area contributed by atoms with Gasteiger partial charge in [-0.3, -0.25) is 9.69 Å². The van der Waals surface area contributed by atoms with Gasteiger partial charge in [-0.25, -0.2) is 0 Å². The average molecular weight is 387 g/mol. The molecule has 1 amide bonds. The summed E-state index contributed by atoms with van der Waals surface area (Å²) in [5.74, 6) is 0.105. The molecule has 2 aromatic rings. The molecular weight excluding hydrogens is 360 g/mol. The maximum atomic E-state index is 12.6. The molecule has 1 saturated heterocycles. The zero-order chi connectivity index (χ0) is 18.6. The molecule has 144 valence electrons. The highest BCUT2D eigenvalue weighted by Crippen LogP contribution is 2.32. The Morgan fingerprint density at radius 1 is 1.07 bits per heavy atom. The van der Waals surface area contributed by atoms with Crippen LogP contribution in [-0.4, -0.2) is 59.5 Å². The molecule has 1 atom stereocenters. The fourth-order valence-electron chi connectivity index (χ4n) is 4.23. The van der Waals surface area contributed by atoms with Crippen molar-refractivity contribution >= 4 is 17.5 Å². The van der Waals surface area contributed by atoms with E-state index < -0.39 is 0 Å². The molecule has 0 bridgehead atoms. The van der Waals surface area contributed by atoms with Crippen molar-refractivity contribution < 1.29 is 4.79 Å². The van der Waals surface area contributed by atoms with Crippen molar-refractivity contribution in [2.24, 2.45) is 0 Å². The van der Waals surface area contributed by atoms with E-state index in [1.165, 1.54) is 24.1 Å². The molecule has 27 heavy (non-hydrogen) atoms. The molecule has 0 spiro atoms. The molecule has 0 radical (unpaired) electrons. The van der Waals surface area contributed by atoms with Crippen LogP contribution in [0.25, 0.3) is 0 Å². The molecular formula is C21H27ClN4O. The van der Waals surface area contributed by atoms with Crippen LogP contribution in [0.1, 0.15) is 30.1 Å². The van der Waals surface area contributed by atoms with Crippen LogP contribution < -0.4 is 5.32 Å². The SMILES string of the molecule is O=C(CN1CCn2cccc2C1c1ccc(Cl)cc1)NCCN1CCCC1. The lowest BCUT2D eigenvalue weighted by Crippen LogP contribution is -2.45. The number of rotatable bonds is 6. The number of carbonyl (C=O) groups excluding carboxylic acids is 1. The first-order chi connectivity index (χ1) is 13.2. The second kappa shape index (κ2) is 8.46. The second-order valence-electron chi connectivity index (χ2n) is 7.45. The lowest BCUT2D eigenvalue weighted by molar-refractivity contribution is -0.122. The summed E-state index contributed by atoms with van der Waals surface area (Å²) >= 11 is 6.07. The first kappa shape index (κ1) is 18.5. The number of likely N-dealkylation sites (tertiary alicyclic amines) is 1. The summed E-state index contributed by atoms with van der Waals surface area (Å²) in [6.45, 7) is 6.19. The Balaban J connectivity index is 1.42. The van der Waals surface area contributed by atoms with E-state index in [0.29, 0.717) is 6.54 Å². The van der Waals surface area contributed by atoms with Gasteiger partial charge >= 0.3 is 0 Å². The zero-order valence-corrected chi connectivity index (χ0v) is 16.4. The Morgan fingerprint density at radius 2 is 1.85 bits per heavy atom. The zero-order valence-electron chi connectivity index (χ0n) is 15.6. The summed E-state index contributed by atoms with van der Waals surface area (Å²) in [5.41, 5.74) is 2.40. The highest BCUT2D eigenvalue weighted by molar-refractivity contribution is 6.30. The maximum absolute atomic E-state index is 12.6. The fourth-order valence-corrected chi connectivity index (χ4v) is 4.35. The molecule has 1 N–H and O–H groups in total. The number of hydrogen-bond donors (Lipinski definition) is 1. The highest BCUT2D eigenvalue weighted by atomic mass is 35.5. The number of aromatic nitrogens is 1.